The molecule has 0 aliphatic carbocycles. The average molecular weight is 694 g/mol. The first-order chi connectivity index (χ1) is 26.7. The maximum atomic E-state index is 6.54. The van der Waals surface area contributed by atoms with Crippen LogP contribution in [0.1, 0.15) is 22.9 Å². The molecule has 5 nitrogen and oxygen atoms in total. The van der Waals surface area contributed by atoms with Crippen LogP contribution in [0.4, 0.5) is 0 Å². The topological polar surface area (TPSA) is 63.0 Å². The SMILES string of the molecule is c1ccc(C2=NC(c3cccc4oc5ccc(-c6ccc7c(c6)oc6c8ccccc8ccc76)cc5c34)N=C(c3ccc(-c4ccccc4)cc3)N2)cc1. The van der Waals surface area contributed by atoms with Gasteiger partial charge in [-0.1, -0.05) is 140 Å². The first-order valence-corrected chi connectivity index (χ1v) is 18.2. The molecule has 1 unspecified atom stereocenters. The first-order valence-electron chi connectivity index (χ1n) is 18.2. The van der Waals surface area contributed by atoms with Crippen LogP contribution in [0.3, 0.4) is 0 Å². The maximum Gasteiger partial charge on any atom is 0.170 e. The number of nitrogens with one attached hydrogen (secondary N) is 1. The molecule has 8 aromatic carbocycles. The van der Waals surface area contributed by atoms with E-state index in [1.165, 1.54) is 10.9 Å². The summed E-state index contributed by atoms with van der Waals surface area (Å²) in [5.74, 6) is 1.54. The number of fused-ring (bicyclic) bond motifs is 8. The maximum absolute atomic E-state index is 6.54. The third kappa shape index (κ3) is 5.01. The molecule has 2 aromatic heterocycles. The summed E-state index contributed by atoms with van der Waals surface area (Å²) in [7, 11) is 0. The molecule has 5 heteroatoms. The van der Waals surface area contributed by atoms with Crippen LogP contribution in [-0.2, 0) is 0 Å². The van der Waals surface area contributed by atoms with Crippen molar-refractivity contribution in [2.24, 2.45) is 9.98 Å². The van der Waals surface area contributed by atoms with Crippen molar-refractivity contribution in [3.63, 3.8) is 0 Å². The van der Waals surface area contributed by atoms with Gasteiger partial charge in [0, 0.05) is 43.6 Å². The summed E-state index contributed by atoms with van der Waals surface area (Å²) in [6.07, 6.45) is -0.500. The number of benzene rings is 8. The number of aliphatic imine (C=N–C) groups is 2. The van der Waals surface area contributed by atoms with E-state index in [0.717, 1.165) is 94.3 Å². The van der Waals surface area contributed by atoms with E-state index < -0.39 is 6.17 Å². The Bertz CT molecular complexity index is 3120. The van der Waals surface area contributed by atoms with Gasteiger partial charge in [0.25, 0.3) is 0 Å². The van der Waals surface area contributed by atoms with Crippen molar-refractivity contribution in [3.8, 4) is 22.3 Å². The van der Waals surface area contributed by atoms with Gasteiger partial charge in [0.1, 0.15) is 34.0 Å². The highest BCUT2D eigenvalue weighted by atomic mass is 16.3. The number of nitrogens with zero attached hydrogens (tertiary/aromatic N) is 2. The van der Waals surface area contributed by atoms with Crippen molar-refractivity contribution < 1.29 is 8.83 Å². The Morgan fingerprint density at radius 1 is 0.389 bits per heavy atom. The van der Waals surface area contributed by atoms with Gasteiger partial charge in [0.15, 0.2) is 6.17 Å². The molecule has 1 N–H and O–H groups in total. The van der Waals surface area contributed by atoms with Gasteiger partial charge in [-0.3, -0.25) is 0 Å². The average Bonchev–Trinajstić information content (AvgIpc) is 3.82. The predicted octanol–water partition coefficient (Wildman–Crippen LogP) is 12.5. The third-order valence-corrected chi connectivity index (χ3v) is 10.6. The Labute approximate surface area is 310 Å². The monoisotopic (exact) mass is 693 g/mol. The fourth-order valence-corrected chi connectivity index (χ4v) is 7.86. The second-order valence-electron chi connectivity index (χ2n) is 13.8. The van der Waals surface area contributed by atoms with E-state index in [4.69, 9.17) is 18.8 Å². The quantitative estimate of drug-likeness (QED) is 0.195. The number of rotatable bonds is 5. The van der Waals surface area contributed by atoms with Crippen LogP contribution in [-0.4, -0.2) is 11.7 Å². The zero-order valence-electron chi connectivity index (χ0n) is 29.0. The van der Waals surface area contributed by atoms with Gasteiger partial charge < -0.3 is 14.2 Å². The Morgan fingerprint density at radius 2 is 1.02 bits per heavy atom. The molecule has 0 saturated heterocycles. The minimum atomic E-state index is -0.500. The largest absolute Gasteiger partial charge is 0.456 e. The van der Waals surface area contributed by atoms with Gasteiger partial charge >= 0.3 is 0 Å². The lowest BCUT2D eigenvalue weighted by Gasteiger charge is -2.23. The van der Waals surface area contributed by atoms with Crippen LogP contribution < -0.4 is 5.32 Å². The lowest BCUT2D eigenvalue weighted by atomic mass is 9.98. The van der Waals surface area contributed by atoms with Gasteiger partial charge in [0.05, 0.1) is 0 Å². The van der Waals surface area contributed by atoms with Crippen molar-refractivity contribution >= 4 is 66.3 Å². The highest BCUT2D eigenvalue weighted by Gasteiger charge is 2.24. The molecular formula is C49H31N3O2. The molecule has 10 aromatic rings. The molecule has 0 spiro atoms. The van der Waals surface area contributed by atoms with Crippen molar-refractivity contribution in [2.45, 2.75) is 6.17 Å². The fourth-order valence-electron chi connectivity index (χ4n) is 7.86. The second kappa shape index (κ2) is 12.2. The van der Waals surface area contributed by atoms with Crippen molar-refractivity contribution in [1.82, 2.24) is 5.32 Å². The summed E-state index contributed by atoms with van der Waals surface area (Å²) in [6.45, 7) is 0. The smallest absolute Gasteiger partial charge is 0.170 e. The Morgan fingerprint density at radius 3 is 1.83 bits per heavy atom. The Hall–Kier alpha value is -7.24. The molecular weight excluding hydrogens is 663 g/mol. The number of hydrogen-bond acceptors (Lipinski definition) is 5. The zero-order chi connectivity index (χ0) is 35.6. The molecule has 1 aliphatic rings. The van der Waals surface area contributed by atoms with E-state index in [2.05, 4.69) is 145 Å². The van der Waals surface area contributed by atoms with Gasteiger partial charge in [-0.05, 0) is 64.0 Å². The van der Waals surface area contributed by atoms with E-state index in [-0.39, 0.29) is 0 Å². The molecule has 1 atom stereocenters. The molecule has 1 aliphatic heterocycles. The van der Waals surface area contributed by atoms with Crippen LogP contribution in [0.2, 0.25) is 0 Å². The number of furan rings is 2. The van der Waals surface area contributed by atoms with Crippen LogP contribution in [0, 0.1) is 0 Å². The molecule has 0 amide bonds. The van der Waals surface area contributed by atoms with Gasteiger partial charge in [-0.2, -0.15) is 0 Å². The summed E-state index contributed by atoms with van der Waals surface area (Å²) < 4.78 is 13.0. The van der Waals surface area contributed by atoms with E-state index in [1.807, 2.05) is 36.4 Å². The van der Waals surface area contributed by atoms with Crippen LogP contribution in [0.15, 0.2) is 195 Å². The fraction of sp³-hybridized carbons (Fsp3) is 0.0204. The molecule has 254 valence electrons. The van der Waals surface area contributed by atoms with Crippen LogP contribution >= 0.6 is 0 Å². The Balaban J connectivity index is 1.03. The van der Waals surface area contributed by atoms with E-state index in [9.17, 15) is 0 Å². The molecule has 54 heavy (non-hydrogen) atoms. The highest BCUT2D eigenvalue weighted by Crippen LogP contribution is 2.40. The molecule has 11 rings (SSSR count). The van der Waals surface area contributed by atoms with Crippen LogP contribution in [0.25, 0.3) is 76.9 Å². The summed E-state index contributed by atoms with van der Waals surface area (Å²) in [6, 6.07) is 61.0. The standard InChI is InChI=1S/C49H31N3O2/c1-3-10-30(11-4-1)31-18-20-34(21-19-31)48-50-47(33-13-5-2-6-14-33)51-49(52-48)40-16-9-17-43-45(40)41-28-35(24-27-42(41)53-43)36-23-25-38-39-26-22-32-12-7-8-15-37(32)46(39)54-44(38)29-36/h1-29,49H,(H,50,51,52). The van der Waals surface area contributed by atoms with E-state index >= 15 is 0 Å². The Kier molecular flexibility index (Phi) is 6.85. The number of hydrogen-bond donors (Lipinski definition) is 1. The minimum Gasteiger partial charge on any atom is -0.456 e. The first kappa shape index (κ1) is 30.4. The lowest BCUT2D eigenvalue weighted by molar-refractivity contribution is 0.667. The lowest BCUT2D eigenvalue weighted by Crippen LogP contribution is -2.36. The van der Waals surface area contributed by atoms with Gasteiger partial charge in [-0.25, -0.2) is 9.98 Å². The normalized spacial score (nSPS) is 14.5. The van der Waals surface area contributed by atoms with Gasteiger partial charge in [0.2, 0.25) is 0 Å². The second-order valence-corrected chi connectivity index (χ2v) is 13.8. The summed E-state index contributed by atoms with van der Waals surface area (Å²) >= 11 is 0. The zero-order valence-corrected chi connectivity index (χ0v) is 29.0. The minimum absolute atomic E-state index is 0.500. The van der Waals surface area contributed by atoms with E-state index in [0.29, 0.717) is 0 Å². The molecule has 0 saturated carbocycles. The third-order valence-electron chi connectivity index (χ3n) is 10.6. The summed E-state index contributed by atoms with van der Waals surface area (Å²) in [5, 5.41) is 10.1. The van der Waals surface area contributed by atoms with E-state index in [1.54, 1.807) is 0 Å². The number of amidine groups is 2. The summed E-state index contributed by atoms with van der Waals surface area (Å²) in [4.78, 5) is 10.5. The van der Waals surface area contributed by atoms with Crippen molar-refractivity contribution in [1.29, 1.82) is 0 Å². The van der Waals surface area contributed by atoms with Crippen molar-refractivity contribution in [2.75, 3.05) is 0 Å². The molecule has 0 fully saturated rings. The highest BCUT2D eigenvalue weighted by molar-refractivity contribution is 6.17. The molecule has 0 radical (unpaired) electrons. The van der Waals surface area contributed by atoms with Crippen molar-refractivity contribution in [3.05, 3.63) is 193 Å². The molecule has 3 heterocycles. The van der Waals surface area contributed by atoms with Crippen LogP contribution in [0.5, 0.6) is 0 Å². The van der Waals surface area contributed by atoms with Gasteiger partial charge in [-0.15, -0.1) is 0 Å². The molecule has 0 bridgehead atoms. The predicted molar refractivity (Wildman–Crippen MR) is 221 cm³/mol. The summed E-state index contributed by atoms with van der Waals surface area (Å²) in [5.41, 5.74) is 10.9.